The summed E-state index contributed by atoms with van der Waals surface area (Å²) in [5.41, 5.74) is -0.919. The van der Waals surface area contributed by atoms with Crippen molar-refractivity contribution < 1.29 is 5.11 Å². The van der Waals surface area contributed by atoms with Crippen LogP contribution in [0.15, 0.2) is 22.5 Å². The zero-order valence-electron chi connectivity index (χ0n) is 15.2. The molecule has 2 heterocycles. The molecule has 0 aromatic carbocycles. The topological polar surface area (TPSA) is 59.9 Å². The van der Waals surface area contributed by atoms with Crippen LogP contribution >= 0.6 is 11.3 Å². The molecule has 1 saturated heterocycles. The fourth-order valence-corrected chi connectivity index (χ4v) is 3.76. The van der Waals surface area contributed by atoms with Crippen molar-refractivity contribution in [2.24, 2.45) is 10.9 Å². The van der Waals surface area contributed by atoms with Crippen molar-refractivity contribution in [3.63, 3.8) is 0 Å². The summed E-state index contributed by atoms with van der Waals surface area (Å²) in [6.07, 6.45) is 2.67. The largest absolute Gasteiger partial charge is 0.383 e. The zero-order chi connectivity index (χ0) is 17.4. The van der Waals surface area contributed by atoms with Crippen molar-refractivity contribution in [1.82, 2.24) is 15.5 Å². The van der Waals surface area contributed by atoms with E-state index in [9.17, 15) is 5.11 Å². The summed E-state index contributed by atoms with van der Waals surface area (Å²) in [6, 6.07) is 3.92. The smallest absolute Gasteiger partial charge is 0.191 e. The number of nitrogens with one attached hydrogen (secondary N) is 2. The highest BCUT2D eigenvalue weighted by molar-refractivity contribution is 7.10. The molecule has 1 fully saturated rings. The second-order valence-corrected chi connectivity index (χ2v) is 7.89. The number of hydrogen-bond acceptors (Lipinski definition) is 4. The minimum Gasteiger partial charge on any atom is -0.383 e. The average molecular weight is 353 g/mol. The van der Waals surface area contributed by atoms with Crippen LogP contribution in [-0.4, -0.2) is 55.2 Å². The number of guanidine groups is 1. The van der Waals surface area contributed by atoms with Crippen LogP contribution in [0.5, 0.6) is 0 Å². The van der Waals surface area contributed by atoms with E-state index in [0.717, 1.165) is 30.5 Å². The first-order valence-electron chi connectivity index (χ1n) is 9.02. The van der Waals surface area contributed by atoms with Gasteiger partial charge in [0.2, 0.25) is 0 Å². The second kappa shape index (κ2) is 9.39. The number of aliphatic hydroxyl groups is 1. The normalized spacial score (nSPS) is 19.9. The highest BCUT2D eigenvalue weighted by Gasteiger charge is 2.24. The van der Waals surface area contributed by atoms with Crippen LogP contribution in [0, 0.1) is 5.92 Å². The van der Waals surface area contributed by atoms with Crippen LogP contribution in [0.25, 0.3) is 0 Å². The predicted octanol–water partition coefficient (Wildman–Crippen LogP) is 2.24. The van der Waals surface area contributed by atoms with Gasteiger partial charge in [-0.25, -0.2) is 4.99 Å². The molecule has 1 aromatic heterocycles. The van der Waals surface area contributed by atoms with Gasteiger partial charge in [-0.2, -0.15) is 0 Å². The highest BCUT2D eigenvalue weighted by atomic mass is 32.1. The molecule has 0 aliphatic carbocycles. The van der Waals surface area contributed by atoms with E-state index in [1.807, 2.05) is 24.4 Å². The number of hydrogen-bond donors (Lipinski definition) is 3. The molecule has 0 spiro atoms. The van der Waals surface area contributed by atoms with Gasteiger partial charge in [-0.15, -0.1) is 11.3 Å². The van der Waals surface area contributed by atoms with Crippen LogP contribution in [0.4, 0.5) is 0 Å². The Hall–Kier alpha value is -1.11. The Kier molecular flexibility index (Phi) is 7.52. The predicted molar refractivity (Wildman–Crippen MR) is 103 cm³/mol. The fraction of sp³-hybridized carbons (Fsp3) is 0.722. The SMILES string of the molecule is CCNC(=NCC(C)(O)c1cccs1)NCC(C)CN1CCCC1. The molecular formula is C18H32N4OS. The molecule has 2 rings (SSSR count). The maximum Gasteiger partial charge on any atom is 0.191 e. The van der Waals surface area contributed by atoms with Gasteiger partial charge in [-0.1, -0.05) is 13.0 Å². The summed E-state index contributed by atoms with van der Waals surface area (Å²) in [5, 5.41) is 19.3. The summed E-state index contributed by atoms with van der Waals surface area (Å²) in [4.78, 5) is 8.07. The molecule has 24 heavy (non-hydrogen) atoms. The van der Waals surface area contributed by atoms with Gasteiger partial charge in [-0.05, 0) is 57.1 Å². The van der Waals surface area contributed by atoms with Crippen LogP contribution < -0.4 is 10.6 Å². The van der Waals surface area contributed by atoms with Crippen molar-refractivity contribution >= 4 is 17.3 Å². The fourth-order valence-electron chi connectivity index (χ4n) is 2.98. The third-order valence-corrected chi connectivity index (χ3v) is 5.45. The average Bonchev–Trinajstić information content (AvgIpc) is 3.23. The van der Waals surface area contributed by atoms with E-state index in [1.54, 1.807) is 11.3 Å². The molecule has 136 valence electrons. The van der Waals surface area contributed by atoms with Crippen molar-refractivity contribution in [1.29, 1.82) is 0 Å². The molecule has 0 radical (unpaired) electrons. The Balaban J connectivity index is 1.83. The van der Waals surface area contributed by atoms with Crippen LogP contribution in [0.2, 0.25) is 0 Å². The summed E-state index contributed by atoms with van der Waals surface area (Å²) in [7, 11) is 0. The van der Waals surface area contributed by atoms with Crippen LogP contribution in [0.3, 0.4) is 0 Å². The van der Waals surface area contributed by atoms with Crippen molar-refractivity contribution in [2.45, 2.75) is 39.2 Å². The maximum atomic E-state index is 10.6. The number of aliphatic imine (C=N–C) groups is 1. The van der Waals surface area contributed by atoms with Gasteiger partial charge >= 0.3 is 0 Å². The lowest BCUT2D eigenvalue weighted by Crippen LogP contribution is -2.42. The number of likely N-dealkylation sites (tertiary alicyclic amines) is 1. The first-order chi connectivity index (χ1) is 11.5. The molecule has 2 unspecified atom stereocenters. The molecule has 1 aliphatic heterocycles. The lowest BCUT2D eigenvalue weighted by atomic mass is 10.1. The lowest BCUT2D eigenvalue weighted by Gasteiger charge is -2.23. The third kappa shape index (κ3) is 6.07. The Morgan fingerprint density at radius 1 is 1.42 bits per heavy atom. The molecule has 0 saturated carbocycles. The quantitative estimate of drug-likeness (QED) is 0.496. The minimum atomic E-state index is -0.919. The van der Waals surface area contributed by atoms with Gasteiger partial charge in [0.25, 0.3) is 0 Å². The molecule has 3 N–H and O–H groups in total. The first-order valence-corrected chi connectivity index (χ1v) is 9.90. The summed E-state index contributed by atoms with van der Waals surface area (Å²) >= 11 is 1.57. The van der Waals surface area contributed by atoms with E-state index < -0.39 is 5.60 Å². The highest BCUT2D eigenvalue weighted by Crippen LogP contribution is 2.25. The molecular weight excluding hydrogens is 320 g/mol. The van der Waals surface area contributed by atoms with Gasteiger partial charge in [0.15, 0.2) is 5.96 Å². The van der Waals surface area contributed by atoms with E-state index >= 15 is 0 Å². The van der Waals surface area contributed by atoms with E-state index in [1.165, 1.54) is 25.9 Å². The Morgan fingerprint density at radius 2 is 2.17 bits per heavy atom. The summed E-state index contributed by atoms with van der Waals surface area (Å²) in [5.74, 6) is 1.35. The van der Waals surface area contributed by atoms with Crippen LogP contribution in [-0.2, 0) is 5.60 Å². The van der Waals surface area contributed by atoms with E-state index in [4.69, 9.17) is 0 Å². The number of nitrogens with zero attached hydrogens (tertiary/aromatic N) is 2. The van der Waals surface area contributed by atoms with Crippen molar-refractivity contribution in [2.75, 3.05) is 39.3 Å². The molecule has 1 aromatic rings. The van der Waals surface area contributed by atoms with Crippen molar-refractivity contribution in [3.05, 3.63) is 22.4 Å². The number of rotatable bonds is 8. The second-order valence-electron chi connectivity index (χ2n) is 6.94. The van der Waals surface area contributed by atoms with Crippen molar-refractivity contribution in [3.8, 4) is 0 Å². The Labute approximate surface area is 150 Å². The molecule has 2 atom stereocenters. The molecule has 1 aliphatic rings. The first kappa shape index (κ1) is 19.2. The molecule has 0 amide bonds. The molecule has 5 nitrogen and oxygen atoms in total. The molecule has 0 bridgehead atoms. The summed E-state index contributed by atoms with van der Waals surface area (Å²) in [6.45, 7) is 11.8. The lowest BCUT2D eigenvalue weighted by molar-refractivity contribution is 0.0711. The zero-order valence-corrected chi connectivity index (χ0v) is 16.0. The third-order valence-electron chi connectivity index (χ3n) is 4.33. The summed E-state index contributed by atoms with van der Waals surface area (Å²) < 4.78 is 0. The van der Waals surface area contributed by atoms with Gasteiger partial charge in [-0.3, -0.25) is 0 Å². The van der Waals surface area contributed by atoms with Gasteiger partial charge in [0.05, 0.1) is 6.54 Å². The van der Waals surface area contributed by atoms with E-state index in [2.05, 4.69) is 34.4 Å². The van der Waals surface area contributed by atoms with Gasteiger partial charge < -0.3 is 20.6 Å². The molecule has 6 heteroatoms. The van der Waals surface area contributed by atoms with Gasteiger partial charge in [0, 0.05) is 24.5 Å². The van der Waals surface area contributed by atoms with Gasteiger partial charge in [0.1, 0.15) is 5.60 Å². The van der Waals surface area contributed by atoms with E-state index in [0.29, 0.717) is 12.5 Å². The Morgan fingerprint density at radius 3 is 2.79 bits per heavy atom. The monoisotopic (exact) mass is 352 g/mol. The maximum absolute atomic E-state index is 10.6. The number of thiophene rings is 1. The van der Waals surface area contributed by atoms with Crippen LogP contribution in [0.1, 0.15) is 38.5 Å². The standard InChI is InChI=1S/C18H32N4OS/c1-4-19-17(20-12-15(2)13-22-9-5-6-10-22)21-14-18(3,23)16-8-7-11-24-16/h7-8,11,15,23H,4-6,9-10,12-14H2,1-3H3,(H2,19,20,21). The van der Waals surface area contributed by atoms with E-state index in [-0.39, 0.29) is 0 Å². The minimum absolute atomic E-state index is 0.351. The Bertz CT molecular complexity index is 495.